The molecule has 2 aromatic rings. The maximum atomic E-state index is 13.3. The third-order valence-corrected chi connectivity index (χ3v) is 2.57. The van der Waals surface area contributed by atoms with E-state index < -0.39 is 5.82 Å². The highest BCUT2D eigenvalue weighted by molar-refractivity contribution is 7.09. The van der Waals surface area contributed by atoms with Gasteiger partial charge in [-0.3, -0.25) is 0 Å². The number of rotatable bonds is 3. The Kier molecular flexibility index (Phi) is 2.82. The number of hydrogen-bond donors (Lipinski definition) is 1. The lowest BCUT2D eigenvalue weighted by atomic mass is 10.3. The normalized spacial score (nSPS) is 10.2. The quantitative estimate of drug-likeness (QED) is 0.814. The van der Waals surface area contributed by atoms with Gasteiger partial charge in [-0.15, -0.1) is 11.3 Å². The van der Waals surface area contributed by atoms with Crippen LogP contribution in [-0.4, -0.2) is 4.98 Å². The van der Waals surface area contributed by atoms with Gasteiger partial charge in [-0.1, -0.05) is 6.07 Å². The molecule has 0 spiro atoms. The predicted molar refractivity (Wildman–Crippen MR) is 57.3 cm³/mol. The fourth-order valence-corrected chi connectivity index (χ4v) is 1.66. The molecule has 1 aromatic heterocycles. The fraction of sp³-hybridized carbons (Fsp3) is 0.100. The van der Waals surface area contributed by atoms with Crippen molar-refractivity contribution in [2.45, 2.75) is 6.61 Å². The van der Waals surface area contributed by atoms with Gasteiger partial charge in [0.05, 0.1) is 5.69 Å². The largest absolute Gasteiger partial charge is 0.481 e. The summed E-state index contributed by atoms with van der Waals surface area (Å²) in [7, 11) is 0. The van der Waals surface area contributed by atoms with Gasteiger partial charge in [-0.25, -0.2) is 9.37 Å². The van der Waals surface area contributed by atoms with Crippen molar-refractivity contribution >= 4 is 17.0 Å². The number of halogens is 1. The maximum Gasteiger partial charge on any atom is 0.178 e. The van der Waals surface area contributed by atoms with Crippen LogP contribution in [0.1, 0.15) is 5.01 Å². The van der Waals surface area contributed by atoms with E-state index >= 15 is 0 Å². The van der Waals surface area contributed by atoms with E-state index in [0.29, 0.717) is 5.69 Å². The van der Waals surface area contributed by atoms with Crippen molar-refractivity contribution in [3.8, 4) is 5.75 Å². The summed E-state index contributed by atoms with van der Waals surface area (Å²) >= 11 is 1.45. The number of anilines is 1. The number of para-hydroxylation sites is 1. The molecule has 3 nitrogen and oxygen atoms in total. The zero-order valence-electron chi connectivity index (χ0n) is 7.81. The minimum Gasteiger partial charge on any atom is -0.481 e. The minimum atomic E-state index is -0.452. The van der Waals surface area contributed by atoms with Crippen LogP contribution in [0.5, 0.6) is 5.75 Å². The number of nitrogen functional groups attached to an aromatic ring is 1. The molecule has 0 fully saturated rings. The molecule has 2 N–H and O–H groups in total. The Morgan fingerprint density at radius 3 is 3.00 bits per heavy atom. The lowest BCUT2D eigenvalue weighted by molar-refractivity contribution is 0.291. The third-order valence-electron chi connectivity index (χ3n) is 1.82. The molecular weight excluding hydrogens is 215 g/mol. The molecule has 1 aromatic carbocycles. The second kappa shape index (κ2) is 4.27. The van der Waals surface area contributed by atoms with Gasteiger partial charge in [0, 0.05) is 11.6 Å². The fourth-order valence-electron chi connectivity index (χ4n) is 1.14. The summed E-state index contributed by atoms with van der Waals surface area (Å²) in [6, 6.07) is 4.45. The Morgan fingerprint density at radius 2 is 2.33 bits per heavy atom. The summed E-state index contributed by atoms with van der Waals surface area (Å²) in [5.74, 6) is -0.362. The molecule has 0 saturated carbocycles. The van der Waals surface area contributed by atoms with E-state index in [1.165, 1.54) is 17.4 Å². The number of hydrogen-bond acceptors (Lipinski definition) is 4. The van der Waals surface area contributed by atoms with Crippen LogP contribution in [0.3, 0.4) is 0 Å². The molecule has 0 bridgehead atoms. The van der Waals surface area contributed by atoms with Gasteiger partial charge in [0.25, 0.3) is 0 Å². The van der Waals surface area contributed by atoms with E-state index in [1.54, 1.807) is 18.3 Å². The molecule has 78 valence electrons. The average molecular weight is 224 g/mol. The first-order chi connectivity index (χ1) is 7.27. The van der Waals surface area contributed by atoms with Crippen molar-refractivity contribution in [3.63, 3.8) is 0 Å². The number of thiazole rings is 1. The van der Waals surface area contributed by atoms with Crippen molar-refractivity contribution in [1.82, 2.24) is 4.98 Å². The second-order valence-corrected chi connectivity index (χ2v) is 3.85. The number of aromatic nitrogens is 1. The van der Waals surface area contributed by atoms with Gasteiger partial charge < -0.3 is 10.5 Å². The molecule has 15 heavy (non-hydrogen) atoms. The number of benzene rings is 1. The topological polar surface area (TPSA) is 48.1 Å². The molecule has 0 radical (unpaired) electrons. The van der Waals surface area contributed by atoms with Gasteiger partial charge in [0.2, 0.25) is 0 Å². The van der Waals surface area contributed by atoms with Crippen molar-refractivity contribution in [2.24, 2.45) is 0 Å². The predicted octanol–water partition coefficient (Wildman–Crippen LogP) is 2.44. The average Bonchev–Trinajstić information content (AvgIpc) is 2.70. The first-order valence-corrected chi connectivity index (χ1v) is 5.20. The van der Waals surface area contributed by atoms with Gasteiger partial charge in [0.1, 0.15) is 11.6 Å². The van der Waals surface area contributed by atoms with Crippen molar-refractivity contribution < 1.29 is 9.13 Å². The van der Waals surface area contributed by atoms with Crippen LogP contribution in [0.2, 0.25) is 0 Å². The zero-order chi connectivity index (χ0) is 10.7. The number of ether oxygens (including phenoxy) is 1. The molecule has 0 amide bonds. The van der Waals surface area contributed by atoms with Crippen LogP contribution < -0.4 is 10.5 Å². The molecule has 0 atom stereocenters. The Hall–Kier alpha value is -1.62. The Labute approximate surface area is 90.3 Å². The first-order valence-electron chi connectivity index (χ1n) is 4.32. The zero-order valence-corrected chi connectivity index (χ0v) is 8.63. The Morgan fingerprint density at radius 1 is 1.47 bits per heavy atom. The summed E-state index contributed by atoms with van der Waals surface area (Å²) in [5, 5.41) is 2.63. The standard InChI is InChI=1S/C10H9FN2OS/c11-7-2-1-3-8(12)10(7)14-6-9-13-4-5-15-9/h1-5H,6,12H2. The first kappa shape index (κ1) is 9.92. The monoisotopic (exact) mass is 224 g/mol. The number of nitrogens with two attached hydrogens (primary N) is 1. The summed E-state index contributed by atoms with van der Waals surface area (Å²) in [5.41, 5.74) is 5.88. The van der Waals surface area contributed by atoms with Crippen molar-refractivity contribution in [1.29, 1.82) is 0 Å². The van der Waals surface area contributed by atoms with Gasteiger partial charge >= 0.3 is 0 Å². The molecule has 0 aliphatic carbocycles. The van der Waals surface area contributed by atoms with Crippen LogP contribution in [0.4, 0.5) is 10.1 Å². The minimum absolute atomic E-state index is 0.0905. The summed E-state index contributed by atoms with van der Waals surface area (Å²) < 4.78 is 18.5. The summed E-state index contributed by atoms with van der Waals surface area (Å²) in [6.07, 6.45) is 1.67. The number of nitrogens with zero attached hydrogens (tertiary/aromatic N) is 1. The summed E-state index contributed by atoms with van der Waals surface area (Å²) in [4.78, 5) is 4.02. The van der Waals surface area contributed by atoms with E-state index in [4.69, 9.17) is 10.5 Å². The lowest BCUT2D eigenvalue weighted by Gasteiger charge is -2.07. The summed E-state index contributed by atoms with van der Waals surface area (Å²) in [6.45, 7) is 0.239. The van der Waals surface area contributed by atoms with E-state index in [2.05, 4.69) is 4.98 Å². The third kappa shape index (κ3) is 2.24. The van der Waals surface area contributed by atoms with Crippen LogP contribution in [-0.2, 0) is 6.61 Å². The molecular formula is C10H9FN2OS. The van der Waals surface area contributed by atoms with Crippen LogP contribution in [0.25, 0.3) is 0 Å². The molecule has 0 aliphatic rings. The van der Waals surface area contributed by atoms with Crippen LogP contribution in [0, 0.1) is 5.82 Å². The van der Waals surface area contributed by atoms with Gasteiger partial charge in [0.15, 0.2) is 11.6 Å². The molecule has 1 heterocycles. The van der Waals surface area contributed by atoms with Crippen LogP contribution in [0.15, 0.2) is 29.8 Å². The molecule has 5 heteroatoms. The van der Waals surface area contributed by atoms with Crippen molar-refractivity contribution in [3.05, 3.63) is 40.6 Å². The highest BCUT2D eigenvalue weighted by atomic mass is 32.1. The highest BCUT2D eigenvalue weighted by Gasteiger charge is 2.07. The molecule has 0 unspecified atom stereocenters. The second-order valence-electron chi connectivity index (χ2n) is 2.87. The van der Waals surface area contributed by atoms with E-state index in [-0.39, 0.29) is 12.4 Å². The Balaban J connectivity index is 2.11. The van der Waals surface area contributed by atoms with E-state index in [9.17, 15) is 4.39 Å². The van der Waals surface area contributed by atoms with E-state index in [0.717, 1.165) is 5.01 Å². The SMILES string of the molecule is Nc1cccc(F)c1OCc1nccs1. The Bertz CT molecular complexity index is 424. The maximum absolute atomic E-state index is 13.3. The highest BCUT2D eigenvalue weighted by Crippen LogP contribution is 2.25. The van der Waals surface area contributed by atoms with Crippen LogP contribution >= 0.6 is 11.3 Å². The van der Waals surface area contributed by atoms with Gasteiger partial charge in [-0.2, -0.15) is 0 Å². The smallest absolute Gasteiger partial charge is 0.178 e. The molecule has 0 aliphatic heterocycles. The lowest BCUT2D eigenvalue weighted by Crippen LogP contribution is -2.00. The van der Waals surface area contributed by atoms with E-state index in [1.807, 2.05) is 5.38 Å². The molecule has 2 rings (SSSR count). The van der Waals surface area contributed by atoms with Crippen molar-refractivity contribution in [2.75, 3.05) is 5.73 Å². The molecule has 0 saturated heterocycles. The van der Waals surface area contributed by atoms with Gasteiger partial charge in [-0.05, 0) is 12.1 Å².